The molecule has 0 bridgehead atoms. The lowest BCUT2D eigenvalue weighted by Crippen LogP contribution is -2.36. The van der Waals surface area contributed by atoms with Crippen LogP contribution < -0.4 is 5.32 Å². The van der Waals surface area contributed by atoms with Crippen molar-refractivity contribution in [3.63, 3.8) is 0 Å². The van der Waals surface area contributed by atoms with E-state index in [2.05, 4.69) is 5.32 Å². The zero-order chi connectivity index (χ0) is 21.7. The minimum Gasteiger partial charge on any atom is -0.320 e. The van der Waals surface area contributed by atoms with Crippen LogP contribution in [0.5, 0.6) is 0 Å². The van der Waals surface area contributed by atoms with Crippen LogP contribution in [0.25, 0.3) is 0 Å². The molecule has 2 amide bonds. The van der Waals surface area contributed by atoms with Crippen LogP contribution in [-0.4, -0.2) is 17.5 Å². The number of benzene rings is 3. The molecular formula is C24H23Cl2FN2O. The first-order valence-electron chi connectivity index (χ1n) is 9.64. The Morgan fingerprint density at radius 2 is 1.67 bits per heavy atom. The summed E-state index contributed by atoms with van der Waals surface area (Å²) in [5, 5.41) is 4.17. The van der Waals surface area contributed by atoms with Crippen LogP contribution in [0.2, 0.25) is 10.0 Å². The van der Waals surface area contributed by atoms with Crippen LogP contribution in [-0.2, 0) is 13.0 Å². The standard InChI is InChI=1S/C24H23Cl2FN2O/c1-16-4-3-5-17(2)23(16)28-24(30)29(15-18-6-10-21(27)11-7-18)13-12-19-8-9-20(25)14-22(19)26/h3-11,14H,12-13,15H2,1-2H3,(H,28,30). The van der Waals surface area contributed by atoms with E-state index in [9.17, 15) is 9.18 Å². The van der Waals surface area contributed by atoms with Gasteiger partial charge in [0.1, 0.15) is 5.82 Å². The maximum Gasteiger partial charge on any atom is 0.322 e. The highest BCUT2D eigenvalue weighted by Gasteiger charge is 2.17. The summed E-state index contributed by atoms with van der Waals surface area (Å²) in [5.41, 5.74) is 4.54. The van der Waals surface area contributed by atoms with E-state index in [1.165, 1.54) is 12.1 Å². The lowest BCUT2D eigenvalue weighted by atomic mass is 10.1. The van der Waals surface area contributed by atoms with Crippen molar-refractivity contribution in [2.24, 2.45) is 0 Å². The van der Waals surface area contributed by atoms with Crippen LogP contribution in [0.1, 0.15) is 22.3 Å². The quantitative estimate of drug-likeness (QED) is 0.434. The fourth-order valence-electron chi connectivity index (χ4n) is 3.24. The summed E-state index contributed by atoms with van der Waals surface area (Å²) in [7, 11) is 0. The highest BCUT2D eigenvalue weighted by atomic mass is 35.5. The first-order valence-corrected chi connectivity index (χ1v) is 10.4. The van der Waals surface area contributed by atoms with E-state index in [1.807, 2.05) is 38.1 Å². The van der Waals surface area contributed by atoms with Crippen LogP contribution in [0, 0.1) is 19.7 Å². The fourth-order valence-corrected chi connectivity index (χ4v) is 3.74. The zero-order valence-corrected chi connectivity index (χ0v) is 18.4. The molecule has 0 aliphatic carbocycles. The van der Waals surface area contributed by atoms with E-state index in [-0.39, 0.29) is 11.8 Å². The maximum atomic E-state index is 13.3. The Hall–Kier alpha value is -2.56. The van der Waals surface area contributed by atoms with E-state index >= 15 is 0 Å². The summed E-state index contributed by atoms with van der Waals surface area (Å²) in [5.74, 6) is -0.307. The number of hydrogen-bond donors (Lipinski definition) is 1. The van der Waals surface area contributed by atoms with Gasteiger partial charge in [-0.05, 0) is 66.8 Å². The predicted molar refractivity (Wildman–Crippen MR) is 122 cm³/mol. The van der Waals surface area contributed by atoms with Gasteiger partial charge in [-0.2, -0.15) is 0 Å². The van der Waals surface area contributed by atoms with E-state index < -0.39 is 0 Å². The molecule has 3 nitrogen and oxygen atoms in total. The van der Waals surface area contributed by atoms with Crippen molar-refractivity contribution < 1.29 is 9.18 Å². The second kappa shape index (κ2) is 9.96. The molecule has 3 aromatic rings. The average Bonchev–Trinajstić information content (AvgIpc) is 2.70. The molecule has 0 aromatic heterocycles. The molecule has 0 radical (unpaired) electrons. The van der Waals surface area contributed by atoms with Gasteiger partial charge in [0.05, 0.1) is 0 Å². The smallest absolute Gasteiger partial charge is 0.320 e. The number of urea groups is 1. The molecule has 30 heavy (non-hydrogen) atoms. The van der Waals surface area contributed by atoms with Crippen molar-refractivity contribution in [2.45, 2.75) is 26.8 Å². The van der Waals surface area contributed by atoms with Gasteiger partial charge in [-0.15, -0.1) is 0 Å². The Kier molecular flexibility index (Phi) is 7.35. The van der Waals surface area contributed by atoms with Crippen LogP contribution in [0.4, 0.5) is 14.9 Å². The minimum absolute atomic E-state index is 0.221. The predicted octanol–water partition coefficient (Wildman–Crippen LogP) is 7.03. The van der Waals surface area contributed by atoms with Gasteiger partial charge in [0.2, 0.25) is 0 Å². The summed E-state index contributed by atoms with van der Waals surface area (Å²) >= 11 is 12.3. The Balaban J connectivity index is 1.80. The maximum absolute atomic E-state index is 13.3. The normalized spacial score (nSPS) is 10.7. The third-order valence-electron chi connectivity index (χ3n) is 4.95. The fraction of sp³-hybridized carbons (Fsp3) is 0.208. The monoisotopic (exact) mass is 444 g/mol. The summed E-state index contributed by atoms with van der Waals surface area (Å²) in [6, 6.07) is 17.2. The highest BCUT2D eigenvalue weighted by Crippen LogP contribution is 2.23. The lowest BCUT2D eigenvalue weighted by Gasteiger charge is -2.25. The van der Waals surface area contributed by atoms with Gasteiger partial charge < -0.3 is 10.2 Å². The molecule has 0 fully saturated rings. The first-order chi connectivity index (χ1) is 14.3. The van der Waals surface area contributed by atoms with Gasteiger partial charge >= 0.3 is 6.03 Å². The van der Waals surface area contributed by atoms with E-state index in [0.717, 1.165) is 27.9 Å². The Morgan fingerprint density at radius 3 is 2.30 bits per heavy atom. The Labute approximate surface area is 186 Å². The highest BCUT2D eigenvalue weighted by molar-refractivity contribution is 6.35. The van der Waals surface area contributed by atoms with Gasteiger partial charge in [0.15, 0.2) is 0 Å². The number of carbonyl (C=O) groups excluding carboxylic acids is 1. The van der Waals surface area contributed by atoms with Gasteiger partial charge in [0.25, 0.3) is 0 Å². The molecule has 0 saturated heterocycles. The summed E-state index contributed by atoms with van der Waals surface area (Å²) < 4.78 is 13.3. The Bertz CT molecular complexity index is 1020. The molecule has 156 valence electrons. The summed E-state index contributed by atoms with van der Waals surface area (Å²) in [4.78, 5) is 14.8. The van der Waals surface area contributed by atoms with Gasteiger partial charge in [-0.1, -0.05) is 59.6 Å². The number of nitrogens with zero attached hydrogens (tertiary/aromatic N) is 1. The SMILES string of the molecule is Cc1cccc(C)c1NC(=O)N(CCc1ccc(Cl)cc1Cl)Cc1ccc(F)cc1. The zero-order valence-electron chi connectivity index (χ0n) is 16.9. The van der Waals surface area contributed by atoms with E-state index in [0.29, 0.717) is 29.6 Å². The van der Waals surface area contributed by atoms with E-state index in [4.69, 9.17) is 23.2 Å². The van der Waals surface area contributed by atoms with Crippen LogP contribution >= 0.6 is 23.2 Å². The average molecular weight is 445 g/mol. The van der Waals surface area contributed by atoms with Crippen LogP contribution in [0.3, 0.4) is 0 Å². The minimum atomic E-state index is -0.307. The summed E-state index contributed by atoms with van der Waals surface area (Å²) in [6.07, 6.45) is 0.567. The number of rotatable bonds is 6. The van der Waals surface area contributed by atoms with Gasteiger partial charge in [-0.25, -0.2) is 9.18 Å². The van der Waals surface area contributed by atoms with Gasteiger partial charge in [-0.3, -0.25) is 0 Å². The third kappa shape index (κ3) is 5.74. The molecule has 0 aliphatic rings. The molecule has 0 unspecified atom stereocenters. The van der Waals surface area contributed by atoms with Crippen molar-refractivity contribution in [3.05, 3.63) is 98.8 Å². The molecule has 0 saturated carbocycles. The molecule has 1 N–H and O–H groups in total. The first kappa shape index (κ1) is 22.1. The van der Waals surface area contributed by atoms with Crippen LogP contribution in [0.15, 0.2) is 60.7 Å². The van der Waals surface area contributed by atoms with Crippen molar-refractivity contribution in [1.29, 1.82) is 0 Å². The van der Waals surface area contributed by atoms with Crippen molar-refractivity contribution in [1.82, 2.24) is 4.90 Å². The van der Waals surface area contributed by atoms with Crippen molar-refractivity contribution in [2.75, 3.05) is 11.9 Å². The van der Waals surface area contributed by atoms with Crippen molar-refractivity contribution >= 4 is 34.9 Å². The van der Waals surface area contributed by atoms with Crippen molar-refractivity contribution in [3.8, 4) is 0 Å². The molecule has 3 rings (SSSR count). The molecule has 6 heteroatoms. The second-order valence-corrected chi connectivity index (χ2v) is 8.07. The molecule has 0 atom stereocenters. The van der Waals surface area contributed by atoms with E-state index in [1.54, 1.807) is 29.2 Å². The lowest BCUT2D eigenvalue weighted by molar-refractivity contribution is 0.209. The number of carbonyl (C=O) groups is 1. The second-order valence-electron chi connectivity index (χ2n) is 7.23. The Morgan fingerprint density at radius 1 is 1.00 bits per heavy atom. The molecule has 0 heterocycles. The third-order valence-corrected chi connectivity index (χ3v) is 5.54. The number of halogens is 3. The number of amides is 2. The molecule has 0 spiro atoms. The number of aryl methyl sites for hydroxylation is 2. The number of hydrogen-bond acceptors (Lipinski definition) is 1. The molecular weight excluding hydrogens is 422 g/mol. The summed E-state index contributed by atoms with van der Waals surface area (Å²) in [6.45, 7) is 4.71. The molecule has 3 aromatic carbocycles. The number of anilines is 1. The topological polar surface area (TPSA) is 32.3 Å². The number of para-hydroxylation sites is 1. The molecule has 0 aliphatic heterocycles. The largest absolute Gasteiger partial charge is 0.322 e. The number of nitrogens with one attached hydrogen (secondary N) is 1. The van der Waals surface area contributed by atoms with Gasteiger partial charge in [0, 0.05) is 28.8 Å².